The zero-order valence-corrected chi connectivity index (χ0v) is 16.1. The van der Waals surface area contributed by atoms with Crippen molar-refractivity contribution in [3.8, 4) is 5.75 Å². The normalized spacial score (nSPS) is 11.5. The predicted molar refractivity (Wildman–Crippen MR) is 106 cm³/mol. The molecule has 0 unspecified atom stereocenters. The summed E-state index contributed by atoms with van der Waals surface area (Å²) in [5.41, 5.74) is 1.86. The Kier molecular flexibility index (Phi) is 5.44. The van der Waals surface area contributed by atoms with Gasteiger partial charge >= 0.3 is 0 Å². The summed E-state index contributed by atoms with van der Waals surface area (Å²) in [5, 5.41) is 5.32. The van der Waals surface area contributed by atoms with Crippen molar-refractivity contribution < 1.29 is 9.53 Å². The first-order valence-electron chi connectivity index (χ1n) is 8.27. The van der Waals surface area contributed by atoms with Gasteiger partial charge in [-0.25, -0.2) is 0 Å². The largest absolute Gasteiger partial charge is 0.484 e. The molecule has 0 fully saturated rings. The van der Waals surface area contributed by atoms with Gasteiger partial charge in [0.1, 0.15) is 5.75 Å². The number of fused-ring (bicyclic) bond motifs is 1. The maximum atomic E-state index is 12.1. The summed E-state index contributed by atoms with van der Waals surface area (Å²) >= 11 is 12.0. The van der Waals surface area contributed by atoms with Gasteiger partial charge in [0.25, 0.3) is 5.91 Å². The van der Waals surface area contributed by atoms with Crippen molar-refractivity contribution in [2.24, 2.45) is 0 Å². The minimum absolute atomic E-state index is 0.0442. The van der Waals surface area contributed by atoms with Crippen molar-refractivity contribution in [2.45, 2.75) is 19.3 Å². The van der Waals surface area contributed by atoms with E-state index >= 15 is 0 Å². The van der Waals surface area contributed by atoms with Crippen molar-refractivity contribution >= 4 is 40.0 Å². The highest BCUT2D eigenvalue weighted by Gasteiger charge is 2.25. The quantitative estimate of drug-likeness (QED) is 0.625. The molecular weight excluding hydrogens is 371 g/mol. The SMILES string of the molecule is CC(C)(CNC(=O)COc1ccc(Cl)cc1)c1c[nH]c2ccc(Cl)cc12. The Morgan fingerprint density at radius 1 is 1.12 bits per heavy atom. The smallest absolute Gasteiger partial charge is 0.257 e. The number of carbonyl (C=O) groups is 1. The van der Waals surface area contributed by atoms with Gasteiger partial charge in [0.15, 0.2) is 6.61 Å². The third-order valence-electron chi connectivity index (χ3n) is 4.28. The van der Waals surface area contributed by atoms with E-state index in [1.807, 2.05) is 24.4 Å². The number of rotatable bonds is 6. The first-order chi connectivity index (χ1) is 12.3. The molecule has 1 amide bonds. The van der Waals surface area contributed by atoms with Crippen LogP contribution in [0.15, 0.2) is 48.7 Å². The summed E-state index contributed by atoms with van der Waals surface area (Å²) in [6, 6.07) is 12.7. The number of aromatic amines is 1. The van der Waals surface area contributed by atoms with E-state index in [1.54, 1.807) is 24.3 Å². The van der Waals surface area contributed by atoms with E-state index in [4.69, 9.17) is 27.9 Å². The average Bonchev–Trinajstić information content (AvgIpc) is 3.03. The van der Waals surface area contributed by atoms with Crippen molar-refractivity contribution in [2.75, 3.05) is 13.2 Å². The summed E-state index contributed by atoms with van der Waals surface area (Å²) in [4.78, 5) is 15.4. The monoisotopic (exact) mass is 390 g/mol. The summed E-state index contributed by atoms with van der Waals surface area (Å²) in [6.07, 6.45) is 1.97. The van der Waals surface area contributed by atoms with Gasteiger partial charge in [-0.1, -0.05) is 37.0 Å². The fourth-order valence-corrected chi connectivity index (χ4v) is 3.10. The second-order valence-corrected chi connectivity index (χ2v) is 7.67. The average molecular weight is 391 g/mol. The molecule has 0 bridgehead atoms. The summed E-state index contributed by atoms with van der Waals surface area (Å²) < 4.78 is 5.47. The lowest BCUT2D eigenvalue weighted by molar-refractivity contribution is -0.123. The lowest BCUT2D eigenvalue weighted by atomic mass is 9.84. The number of carbonyl (C=O) groups excluding carboxylic acids is 1. The molecule has 0 aliphatic rings. The van der Waals surface area contributed by atoms with E-state index in [9.17, 15) is 4.79 Å². The van der Waals surface area contributed by atoms with Crippen LogP contribution in [0.25, 0.3) is 10.9 Å². The number of nitrogens with one attached hydrogen (secondary N) is 2. The zero-order chi connectivity index (χ0) is 18.7. The summed E-state index contributed by atoms with van der Waals surface area (Å²) in [6.45, 7) is 4.60. The van der Waals surface area contributed by atoms with Gasteiger partial charge in [0, 0.05) is 39.1 Å². The van der Waals surface area contributed by atoms with Gasteiger partial charge in [-0.3, -0.25) is 4.79 Å². The van der Waals surface area contributed by atoms with E-state index in [0.717, 1.165) is 16.5 Å². The molecule has 3 aromatic rings. The highest BCUT2D eigenvalue weighted by molar-refractivity contribution is 6.31. The van der Waals surface area contributed by atoms with Crippen molar-refractivity contribution in [3.05, 3.63) is 64.3 Å². The summed E-state index contributed by atoms with van der Waals surface area (Å²) in [7, 11) is 0. The topological polar surface area (TPSA) is 54.1 Å². The Labute approximate surface area is 162 Å². The van der Waals surface area contributed by atoms with Gasteiger partial charge in [-0.2, -0.15) is 0 Å². The molecule has 0 aliphatic heterocycles. The molecule has 6 heteroatoms. The summed E-state index contributed by atoms with van der Waals surface area (Å²) in [5.74, 6) is 0.431. The molecule has 26 heavy (non-hydrogen) atoms. The third-order valence-corrected chi connectivity index (χ3v) is 4.77. The van der Waals surface area contributed by atoms with E-state index in [2.05, 4.69) is 24.1 Å². The second-order valence-electron chi connectivity index (χ2n) is 6.80. The highest BCUT2D eigenvalue weighted by Crippen LogP contribution is 2.31. The third kappa shape index (κ3) is 4.32. The van der Waals surface area contributed by atoms with Crippen LogP contribution in [-0.4, -0.2) is 24.0 Å². The van der Waals surface area contributed by atoms with Gasteiger partial charge in [0.05, 0.1) is 0 Å². The molecule has 0 saturated heterocycles. The van der Waals surface area contributed by atoms with Crippen LogP contribution in [0.1, 0.15) is 19.4 Å². The van der Waals surface area contributed by atoms with Crippen LogP contribution in [0.5, 0.6) is 5.75 Å². The van der Waals surface area contributed by atoms with E-state index in [0.29, 0.717) is 22.3 Å². The standard InChI is InChI=1S/C20H20Cl2N2O2/c1-20(2,17-10-23-18-8-5-14(22)9-16(17)18)12-24-19(25)11-26-15-6-3-13(21)4-7-15/h3-10,23H,11-12H2,1-2H3,(H,24,25). The molecule has 2 N–H and O–H groups in total. The number of amides is 1. The van der Waals surface area contributed by atoms with Crippen molar-refractivity contribution in [1.82, 2.24) is 10.3 Å². The minimum Gasteiger partial charge on any atom is -0.484 e. The molecule has 136 valence electrons. The maximum Gasteiger partial charge on any atom is 0.257 e. The zero-order valence-electron chi connectivity index (χ0n) is 14.6. The van der Waals surface area contributed by atoms with Gasteiger partial charge in [-0.15, -0.1) is 0 Å². The predicted octanol–water partition coefficient (Wildman–Crippen LogP) is 4.95. The Balaban J connectivity index is 1.61. The minimum atomic E-state index is -0.265. The molecule has 0 saturated carbocycles. The molecule has 2 aromatic carbocycles. The molecular formula is C20H20Cl2N2O2. The Bertz CT molecular complexity index is 917. The van der Waals surface area contributed by atoms with Crippen LogP contribution in [0.2, 0.25) is 10.0 Å². The number of hydrogen-bond acceptors (Lipinski definition) is 2. The number of aromatic nitrogens is 1. The van der Waals surface area contributed by atoms with Crippen LogP contribution < -0.4 is 10.1 Å². The maximum absolute atomic E-state index is 12.1. The van der Waals surface area contributed by atoms with E-state index in [1.165, 1.54) is 0 Å². The van der Waals surface area contributed by atoms with Crippen LogP contribution >= 0.6 is 23.2 Å². The Hall–Kier alpha value is -2.17. The highest BCUT2D eigenvalue weighted by atomic mass is 35.5. The van der Waals surface area contributed by atoms with Gasteiger partial charge < -0.3 is 15.0 Å². The van der Waals surface area contributed by atoms with E-state index < -0.39 is 0 Å². The number of halogens is 2. The van der Waals surface area contributed by atoms with Crippen LogP contribution in [0.4, 0.5) is 0 Å². The van der Waals surface area contributed by atoms with Crippen molar-refractivity contribution in [1.29, 1.82) is 0 Å². The fraction of sp³-hybridized carbons (Fsp3) is 0.250. The number of benzene rings is 2. The van der Waals surface area contributed by atoms with Gasteiger partial charge in [0.2, 0.25) is 0 Å². The Morgan fingerprint density at radius 2 is 1.81 bits per heavy atom. The van der Waals surface area contributed by atoms with Crippen LogP contribution in [-0.2, 0) is 10.2 Å². The van der Waals surface area contributed by atoms with Crippen LogP contribution in [0.3, 0.4) is 0 Å². The molecule has 0 aliphatic carbocycles. The number of H-pyrrole nitrogens is 1. The molecule has 1 heterocycles. The Morgan fingerprint density at radius 3 is 2.54 bits per heavy atom. The molecule has 4 nitrogen and oxygen atoms in total. The van der Waals surface area contributed by atoms with Gasteiger partial charge in [-0.05, 0) is 48.0 Å². The first-order valence-corrected chi connectivity index (χ1v) is 9.03. The number of ether oxygens (including phenoxy) is 1. The van der Waals surface area contributed by atoms with Crippen LogP contribution in [0, 0.1) is 0 Å². The van der Waals surface area contributed by atoms with E-state index in [-0.39, 0.29) is 17.9 Å². The number of hydrogen-bond donors (Lipinski definition) is 2. The molecule has 0 radical (unpaired) electrons. The lowest BCUT2D eigenvalue weighted by Crippen LogP contribution is -2.38. The lowest BCUT2D eigenvalue weighted by Gasteiger charge is -2.25. The molecule has 0 spiro atoms. The molecule has 3 rings (SSSR count). The molecule has 0 atom stereocenters. The molecule has 1 aromatic heterocycles. The van der Waals surface area contributed by atoms with Crippen molar-refractivity contribution in [3.63, 3.8) is 0 Å². The second kappa shape index (κ2) is 7.60. The first kappa shape index (κ1) is 18.6. The fourth-order valence-electron chi connectivity index (χ4n) is 2.80.